The van der Waals surface area contributed by atoms with Gasteiger partial charge < -0.3 is 5.73 Å². The van der Waals surface area contributed by atoms with Gasteiger partial charge in [-0.05, 0) is 29.8 Å². The summed E-state index contributed by atoms with van der Waals surface area (Å²) in [5, 5.41) is 5.16. The second-order valence-corrected chi connectivity index (χ2v) is 3.61. The predicted octanol–water partition coefficient (Wildman–Crippen LogP) is 3.25. The van der Waals surface area contributed by atoms with Crippen LogP contribution in [0.5, 0.6) is 0 Å². The fraction of sp³-hybridized carbons (Fsp3) is 0.167. The molecule has 0 fully saturated rings. The highest BCUT2D eigenvalue weighted by atomic mass is 16.3. The van der Waals surface area contributed by atoms with Crippen LogP contribution in [0.15, 0.2) is 41.6 Å². The summed E-state index contributed by atoms with van der Waals surface area (Å²) in [5.41, 5.74) is 7.29. The maximum Gasteiger partial charge on any atom is 0.116 e. The Balaban J connectivity index is 2.66. The Bertz CT molecular complexity index is 508. The van der Waals surface area contributed by atoms with E-state index in [9.17, 15) is 4.91 Å². The summed E-state index contributed by atoms with van der Waals surface area (Å²) in [4.78, 5) is 10.5. The second kappa shape index (κ2) is 3.69. The fourth-order valence-electron chi connectivity index (χ4n) is 1.69. The molecule has 0 aliphatic heterocycles. The number of hydrogen-bond acceptors (Lipinski definition) is 3. The molecule has 76 valence electrons. The van der Waals surface area contributed by atoms with E-state index >= 15 is 0 Å². The Kier molecular flexibility index (Phi) is 2.37. The molecule has 1 atom stereocenters. The first-order valence-electron chi connectivity index (χ1n) is 4.83. The van der Waals surface area contributed by atoms with Crippen LogP contribution in [0, 0.1) is 4.91 Å². The van der Waals surface area contributed by atoms with Gasteiger partial charge in [0.2, 0.25) is 0 Å². The molecule has 2 rings (SSSR count). The minimum atomic E-state index is -0.394. The minimum absolute atomic E-state index is 0.394. The number of fused-ring (bicyclic) bond motifs is 1. The standard InChI is InChI=1S/C12H12N2O/c1-8(14-15)11-6-9-4-2-3-5-10(9)7-12(11)13/h2-8H,13H2,1H3. The van der Waals surface area contributed by atoms with Gasteiger partial charge in [-0.2, -0.15) is 4.91 Å². The highest BCUT2D eigenvalue weighted by molar-refractivity contribution is 5.87. The van der Waals surface area contributed by atoms with Crippen LogP contribution in [0.3, 0.4) is 0 Å². The summed E-state index contributed by atoms with van der Waals surface area (Å²) in [6, 6.07) is 11.3. The molecule has 0 heterocycles. The van der Waals surface area contributed by atoms with Gasteiger partial charge in [-0.25, -0.2) is 0 Å². The van der Waals surface area contributed by atoms with Gasteiger partial charge in [0, 0.05) is 11.3 Å². The van der Waals surface area contributed by atoms with E-state index in [0.29, 0.717) is 5.69 Å². The minimum Gasteiger partial charge on any atom is -0.398 e. The van der Waals surface area contributed by atoms with E-state index in [-0.39, 0.29) is 0 Å². The van der Waals surface area contributed by atoms with Crippen LogP contribution < -0.4 is 5.73 Å². The number of nitrogens with two attached hydrogens (primary N) is 1. The lowest BCUT2D eigenvalue weighted by Gasteiger charge is -2.09. The van der Waals surface area contributed by atoms with Gasteiger partial charge in [-0.15, -0.1) is 0 Å². The first-order valence-corrected chi connectivity index (χ1v) is 4.83. The monoisotopic (exact) mass is 200 g/mol. The molecule has 2 N–H and O–H groups in total. The Morgan fingerprint density at radius 1 is 1.20 bits per heavy atom. The third-order valence-corrected chi connectivity index (χ3v) is 2.56. The van der Waals surface area contributed by atoms with E-state index in [4.69, 9.17) is 5.73 Å². The molecule has 0 radical (unpaired) electrons. The number of hydrogen-bond donors (Lipinski definition) is 1. The zero-order valence-electron chi connectivity index (χ0n) is 8.47. The SMILES string of the molecule is CC(N=O)c1cc2ccccc2cc1N. The molecule has 15 heavy (non-hydrogen) atoms. The van der Waals surface area contributed by atoms with E-state index in [1.165, 1.54) is 0 Å². The molecule has 0 amide bonds. The summed E-state index contributed by atoms with van der Waals surface area (Å²) in [6.07, 6.45) is 0. The van der Waals surface area contributed by atoms with Gasteiger partial charge >= 0.3 is 0 Å². The summed E-state index contributed by atoms with van der Waals surface area (Å²) >= 11 is 0. The zero-order valence-corrected chi connectivity index (χ0v) is 8.47. The molecule has 0 saturated carbocycles. The molecule has 0 bridgehead atoms. The van der Waals surface area contributed by atoms with Gasteiger partial charge in [0.1, 0.15) is 6.04 Å². The Hall–Kier alpha value is -1.90. The van der Waals surface area contributed by atoms with Gasteiger partial charge in [0.15, 0.2) is 0 Å². The average molecular weight is 200 g/mol. The van der Waals surface area contributed by atoms with Crippen LogP contribution in [-0.2, 0) is 0 Å². The van der Waals surface area contributed by atoms with Crippen molar-refractivity contribution in [3.63, 3.8) is 0 Å². The topological polar surface area (TPSA) is 55.5 Å². The Morgan fingerprint density at radius 3 is 2.40 bits per heavy atom. The van der Waals surface area contributed by atoms with Crippen LogP contribution >= 0.6 is 0 Å². The Labute approximate surface area is 87.9 Å². The first-order chi connectivity index (χ1) is 7.22. The largest absolute Gasteiger partial charge is 0.398 e. The molecule has 0 aliphatic carbocycles. The average Bonchev–Trinajstić information content (AvgIpc) is 2.27. The summed E-state index contributed by atoms with van der Waals surface area (Å²) in [5.74, 6) is 0. The number of rotatable bonds is 2. The number of benzene rings is 2. The molecular formula is C12H12N2O. The summed E-state index contributed by atoms with van der Waals surface area (Å²) in [7, 11) is 0. The Morgan fingerprint density at radius 2 is 1.80 bits per heavy atom. The van der Waals surface area contributed by atoms with Crippen LogP contribution in [0.4, 0.5) is 5.69 Å². The van der Waals surface area contributed by atoms with E-state index in [1.54, 1.807) is 6.92 Å². The van der Waals surface area contributed by atoms with Crippen molar-refractivity contribution < 1.29 is 0 Å². The van der Waals surface area contributed by atoms with E-state index in [1.807, 2.05) is 36.4 Å². The molecule has 2 aromatic carbocycles. The third kappa shape index (κ3) is 1.68. The maximum atomic E-state index is 10.5. The van der Waals surface area contributed by atoms with Crippen LogP contribution in [0.25, 0.3) is 10.8 Å². The van der Waals surface area contributed by atoms with Crippen LogP contribution in [-0.4, -0.2) is 0 Å². The fourth-order valence-corrected chi connectivity index (χ4v) is 1.69. The summed E-state index contributed by atoms with van der Waals surface area (Å²) < 4.78 is 0. The van der Waals surface area contributed by atoms with Crippen molar-refractivity contribution in [1.82, 2.24) is 0 Å². The van der Waals surface area contributed by atoms with Crippen molar-refractivity contribution in [1.29, 1.82) is 0 Å². The van der Waals surface area contributed by atoms with Gasteiger partial charge in [0.05, 0.1) is 0 Å². The molecule has 3 nitrogen and oxygen atoms in total. The van der Waals surface area contributed by atoms with Crippen molar-refractivity contribution in [3.05, 3.63) is 46.9 Å². The molecule has 2 aromatic rings. The second-order valence-electron chi connectivity index (χ2n) is 3.61. The van der Waals surface area contributed by atoms with Gasteiger partial charge in [-0.1, -0.05) is 29.4 Å². The van der Waals surface area contributed by atoms with Crippen molar-refractivity contribution in [3.8, 4) is 0 Å². The van der Waals surface area contributed by atoms with Gasteiger partial charge in [0.25, 0.3) is 0 Å². The van der Waals surface area contributed by atoms with E-state index in [0.717, 1.165) is 16.3 Å². The van der Waals surface area contributed by atoms with Gasteiger partial charge in [-0.3, -0.25) is 0 Å². The highest BCUT2D eigenvalue weighted by Crippen LogP contribution is 2.28. The number of nitrogens with zero attached hydrogens (tertiary/aromatic N) is 1. The normalized spacial score (nSPS) is 12.6. The van der Waals surface area contributed by atoms with E-state index < -0.39 is 6.04 Å². The number of nitrogen functional groups attached to an aromatic ring is 1. The predicted molar refractivity (Wildman–Crippen MR) is 62.6 cm³/mol. The van der Waals surface area contributed by atoms with Crippen molar-refractivity contribution >= 4 is 16.5 Å². The van der Waals surface area contributed by atoms with Crippen molar-refractivity contribution in [2.24, 2.45) is 5.18 Å². The molecule has 3 heteroatoms. The smallest absolute Gasteiger partial charge is 0.116 e. The molecule has 0 aliphatic rings. The van der Waals surface area contributed by atoms with Crippen LogP contribution in [0.2, 0.25) is 0 Å². The highest BCUT2D eigenvalue weighted by Gasteiger charge is 2.09. The third-order valence-electron chi connectivity index (χ3n) is 2.56. The lowest BCUT2D eigenvalue weighted by molar-refractivity contribution is 0.816. The zero-order chi connectivity index (χ0) is 10.8. The lowest BCUT2D eigenvalue weighted by Crippen LogP contribution is -1.96. The molecule has 0 saturated heterocycles. The van der Waals surface area contributed by atoms with Crippen LogP contribution in [0.1, 0.15) is 18.5 Å². The quantitative estimate of drug-likeness (QED) is 0.597. The first kappa shape index (κ1) is 9.65. The number of nitroso groups, excluding NO2 is 1. The maximum absolute atomic E-state index is 10.5. The lowest BCUT2D eigenvalue weighted by atomic mass is 10.0. The molecule has 1 unspecified atom stereocenters. The number of anilines is 1. The van der Waals surface area contributed by atoms with E-state index in [2.05, 4.69) is 5.18 Å². The summed E-state index contributed by atoms with van der Waals surface area (Å²) in [6.45, 7) is 1.74. The molecule has 0 spiro atoms. The van der Waals surface area contributed by atoms with Crippen molar-refractivity contribution in [2.45, 2.75) is 13.0 Å². The molecule has 0 aromatic heterocycles. The van der Waals surface area contributed by atoms with Crippen molar-refractivity contribution in [2.75, 3.05) is 5.73 Å². The molecular weight excluding hydrogens is 188 g/mol.